The second-order valence-electron chi connectivity index (χ2n) is 6.22. The highest BCUT2D eigenvalue weighted by atomic mass is 32.2. The summed E-state index contributed by atoms with van der Waals surface area (Å²) < 4.78 is 49.9. The van der Waals surface area contributed by atoms with Crippen LogP contribution in [0.15, 0.2) is 47.5 Å². The fourth-order valence-electron chi connectivity index (χ4n) is 2.60. The molecule has 0 fully saturated rings. The highest BCUT2D eigenvalue weighted by molar-refractivity contribution is 7.89. The van der Waals surface area contributed by atoms with Gasteiger partial charge in [-0.05, 0) is 47.4 Å². The number of aliphatic imine (C=N–C) groups is 1. The molecule has 2 N–H and O–H groups in total. The van der Waals surface area contributed by atoms with E-state index < -0.39 is 15.7 Å². The van der Waals surface area contributed by atoms with Gasteiger partial charge in [-0.25, -0.2) is 17.2 Å². The van der Waals surface area contributed by atoms with E-state index in [1.165, 1.54) is 30.3 Å². The summed E-state index contributed by atoms with van der Waals surface area (Å²) in [6.45, 7) is 0.755. The van der Waals surface area contributed by atoms with E-state index in [1.807, 2.05) is 6.07 Å². The van der Waals surface area contributed by atoms with E-state index in [0.29, 0.717) is 30.1 Å². The summed E-state index contributed by atoms with van der Waals surface area (Å²) in [5, 5.41) is 6.13. The van der Waals surface area contributed by atoms with E-state index in [1.54, 1.807) is 13.1 Å². The largest absolute Gasteiger partial charge is 0.356 e. The standard InChI is InChI=1S/C19H23F2N3O2S/c1-22-19(23-9-8-14-4-3-5-17(20)10-14)24-12-16-11-18(21)7-6-15(16)13-27(2,25)26/h3-7,10-11H,8-9,12-13H2,1-2H3,(H2,22,23,24). The SMILES string of the molecule is CN=C(NCCc1cccc(F)c1)NCc1cc(F)ccc1CS(C)(=O)=O. The van der Waals surface area contributed by atoms with Crippen molar-refractivity contribution < 1.29 is 17.2 Å². The van der Waals surface area contributed by atoms with Crippen molar-refractivity contribution in [2.45, 2.75) is 18.7 Å². The zero-order valence-electron chi connectivity index (χ0n) is 15.3. The molecule has 2 aromatic carbocycles. The Kier molecular flexibility index (Phi) is 7.29. The molecule has 0 atom stereocenters. The summed E-state index contributed by atoms with van der Waals surface area (Å²) in [5.41, 5.74) is 1.95. The molecule has 0 spiro atoms. The molecule has 0 radical (unpaired) electrons. The van der Waals surface area contributed by atoms with Gasteiger partial charge in [-0.15, -0.1) is 0 Å². The number of nitrogens with zero attached hydrogens (tertiary/aromatic N) is 1. The zero-order chi connectivity index (χ0) is 19.9. The Balaban J connectivity index is 1.94. The lowest BCUT2D eigenvalue weighted by molar-refractivity contribution is 0.599. The minimum atomic E-state index is -3.23. The van der Waals surface area contributed by atoms with E-state index in [9.17, 15) is 17.2 Å². The van der Waals surface area contributed by atoms with Crippen LogP contribution in [-0.4, -0.2) is 34.2 Å². The van der Waals surface area contributed by atoms with E-state index in [0.717, 1.165) is 11.8 Å². The fraction of sp³-hybridized carbons (Fsp3) is 0.316. The first-order valence-corrected chi connectivity index (χ1v) is 10.5. The van der Waals surface area contributed by atoms with E-state index in [2.05, 4.69) is 15.6 Å². The smallest absolute Gasteiger partial charge is 0.191 e. The van der Waals surface area contributed by atoms with E-state index in [4.69, 9.17) is 0 Å². The van der Waals surface area contributed by atoms with Gasteiger partial charge in [0.15, 0.2) is 15.8 Å². The molecule has 0 heterocycles. The Morgan fingerprint density at radius 2 is 1.78 bits per heavy atom. The number of benzene rings is 2. The minimum Gasteiger partial charge on any atom is -0.356 e. The molecule has 0 amide bonds. The van der Waals surface area contributed by atoms with Crippen molar-refractivity contribution in [2.24, 2.45) is 4.99 Å². The van der Waals surface area contributed by atoms with Crippen LogP contribution < -0.4 is 10.6 Å². The third kappa shape index (κ3) is 7.34. The minimum absolute atomic E-state index is 0.157. The first kappa shape index (κ1) is 20.8. The van der Waals surface area contributed by atoms with Crippen LogP contribution in [-0.2, 0) is 28.6 Å². The molecule has 0 saturated carbocycles. The summed E-state index contributed by atoms with van der Waals surface area (Å²) in [7, 11) is -1.63. The average molecular weight is 395 g/mol. The second-order valence-corrected chi connectivity index (χ2v) is 8.36. The molecule has 8 heteroatoms. The quantitative estimate of drug-likeness (QED) is 0.558. The van der Waals surface area contributed by atoms with Crippen molar-refractivity contribution in [3.63, 3.8) is 0 Å². The van der Waals surface area contributed by atoms with Gasteiger partial charge < -0.3 is 10.6 Å². The number of guanidine groups is 1. The van der Waals surface area contributed by atoms with Crippen LogP contribution in [0.3, 0.4) is 0 Å². The van der Waals surface area contributed by atoms with Gasteiger partial charge in [0.2, 0.25) is 0 Å². The fourth-order valence-corrected chi connectivity index (χ4v) is 3.45. The third-order valence-electron chi connectivity index (χ3n) is 3.85. The molecule has 0 aromatic heterocycles. The first-order chi connectivity index (χ1) is 12.8. The topological polar surface area (TPSA) is 70.6 Å². The van der Waals surface area contributed by atoms with Crippen LogP contribution in [0.1, 0.15) is 16.7 Å². The maximum absolute atomic E-state index is 13.6. The number of hydrogen-bond acceptors (Lipinski definition) is 3. The zero-order valence-corrected chi connectivity index (χ0v) is 16.1. The lowest BCUT2D eigenvalue weighted by Gasteiger charge is -2.14. The van der Waals surface area contributed by atoms with Crippen molar-refractivity contribution in [3.05, 3.63) is 70.8 Å². The highest BCUT2D eigenvalue weighted by Crippen LogP contribution is 2.14. The molecule has 2 rings (SSSR count). The molecular formula is C19H23F2N3O2S. The lowest BCUT2D eigenvalue weighted by Crippen LogP contribution is -2.38. The van der Waals surface area contributed by atoms with E-state index >= 15 is 0 Å². The van der Waals surface area contributed by atoms with Gasteiger partial charge >= 0.3 is 0 Å². The van der Waals surface area contributed by atoms with Crippen molar-refractivity contribution >= 4 is 15.8 Å². The molecule has 0 saturated heterocycles. The molecule has 27 heavy (non-hydrogen) atoms. The van der Waals surface area contributed by atoms with Gasteiger partial charge in [0.05, 0.1) is 5.75 Å². The van der Waals surface area contributed by atoms with Crippen LogP contribution >= 0.6 is 0 Å². The van der Waals surface area contributed by atoms with Crippen molar-refractivity contribution in [1.82, 2.24) is 10.6 Å². The molecular weight excluding hydrogens is 372 g/mol. The molecule has 0 unspecified atom stereocenters. The van der Waals surface area contributed by atoms with Crippen molar-refractivity contribution in [3.8, 4) is 0 Å². The molecule has 146 valence electrons. The Hall–Kier alpha value is -2.48. The Labute approximate surface area is 158 Å². The Bertz CT molecular complexity index is 915. The number of hydrogen-bond donors (Lipinski definition) is 2. The van der Waals surface area contributed by atoms with Gasteiger partial charge in [-0.2, -0.15) is 0 Å². The van der Waals surface area contributed by atoms with Gasteiger partial charge in [-0.1, -0.05) is 18.2 Å². The molecule has 0 aliphatic carbocycles. The monoisotopic (exact) mass is 395 g/mol. The summed E-state index contributed by atoms with van der Waals surface area (Å²) in [5.74, 6) is -0.380. The Morgan fingerprint density at radius 1 is 1.04 bits per heavy atom. The maximum Gasteiger partial charge on any atom is 0.191 e. The van der Waals surface area contributed by atoms with Gasteiger partial charge in [0.25, 0.3) is 0 Å². The first-order valence-electron chi connectivity index (χ1n) is 8.41. The summed E-state index contributed by atoms with van der Waals surface area (Å²) in [6, 6.07) is 10.4. The van der Waals surface area contributed by atoms with Gasteiger partial charge in [-0.3, -0.25) is 4.99 Å². The molecule has 0 aliphatic heterocycles. The normalized spacial score (nSPS) is 12.1. The molecule has 5 nitrogen and oxygen atoms in total. The predicted molar refractivity (Wildman–Crippen MR) is 103 cm³/mol. The van der Waals surface area contributed by atoms with Crippen LogP contribution in [0, 0.1) is 11.6 Å². The number of rotatable bonds is 7. The van der Waals surface area contributed by atoms with E-state index in [-0.39, 0.29) is 18.1 Å². The molecule has 0 bridgehead atoms. The summed E-state index contributed by atoms with van der Waals surface area (Å²) >= 11 is 0. The van der Waals surface area contributed by atoms with Gasteiger partial charge in [0, 0.05) is 26.4 Å². The lowest BCUT2D eigenvalue weighted by atomic mass is 10.1. The van der Waals surface area contributed by atoms with Crippen LogP contribution in [0.25, 0.3) is 0 Å². The predicted octanol–water partition coefficient (Wildman–Crippen LogP) is 2.42. The number of sulfone groups is 1. The Morgan fingerprint density at radius 3 is 2.44 bits per heavy atom. The third-order valence-corrected chi connectivity index (χ3v) is 4.69. The molecule has 0 aliphatic rings. The van der Waals surface area contributed by atoms with Crippen molar-refractivity contribution in [1.29, 1.82) is 0 Å². The average Bonchev–Trinajstić information content (AvgIpc) is 2.59. The molecule has 2 aromatic rings. The second kappa shape index (κ2) is 9.45. The highest BCUT2D eigenvalue weighted by Gasteiger charge is 2.11. The summed E-state index contributed by atoms with van der Waals surface area (Å²) in [6.07, 6.45) is 1.75. The maximum atomic E-state index is 13.6. The van der Waals surface area contributed by atoms with Crippen LogP contribution in [0.5, 0.6) is 0 Å². The van der Waals surface area contributed by atoms with Gasteiger partial charge in [0.1, 0.15) is 11.6 Å². The van der Waals surface area contributed by atoms with Crippen molar-refractivity contribution in [2.75, 3.05) is 19.8 Å². The van der Waals surface area contributed by atoms with Crippen LogP contribution in [0.4, 0.5) is 8.78 Å². The van der Waals surface area contributed by atoms with Crippen LogP contribution in [0.2, 0.25) is 0 Å². The summed E-state index contributed by atoms with van der Waals surface area (Å²) in [4.78, 5) is 4.09. The number of halogens is 2. The number of nitrogens with one attached hydrogen (secondary N) is 2.